The third-order valence-corrected chi connectivity index (χ3v) is 27.3. The molecule has 17 rings (SSSR count). The van der Waals surface area contributed by atoms with E-state index < -0.39 is 32.5 Å². The van der Waals surface area contributed by atoms with Gasteiger partial charge in [-0.2, -0.15) is 28.8 Å². The van der Waals surface area contributed by atoms with Gasteiger partial charge in [-0.05, 0) is 322 Å². The van der Waals surface area contributed by atoms with Crippen LogP contribution < -0.4 is 40.1 Å². The van der Waals surface area contributed by atoms with Gasteiger partial charge in [-0.15, -0.1) is 9.24 Å². The van der Waals surface area contributed by atoms with Crippen molar-refractivity contribution in [2.24, 2.45) is 23.7 Å². The zero-order valence-corrected chi connectivity index (χ0v) is 85.4. The number of fused-ring (bicyclic) bond motifs is 4. The van der Waals surface area contributed by atoms with Crippen LogP contribution in [0.15, 0.2) is 175 Å². The second-order valence-electron chi connectivity index (χ2n) is 38.9. The fraction of sp³-hybridized carbons (Fsp3) is 0.425. The number of pyridine rings is 4. The molecule has 13 aromatic rings. The van der Waals surface area contributed by atoms with Gasteiger partial charge >= 0.3 is 18.9 Å². The number of carbonyl (C=O) groups is 7. The van der Waals surface area contributed by atoms with Crippen molar-refractivity contribution in [3.05, 3.63) is 244 Å². The van der Waals surface area contributed by atoms with Crippen LogP contribution in [-0.2, 0) is 51.1 Å². The Kier molecular flexibility index (Phi) is 37.6. The van der Waals surface area contributed by atoms with Gasteiger partial charge in [0, 0.05) is 142 Å². The molecule has 0 aliphatic heterocycles. The normalized spacial score (nSPS) is 18.3. The number of hydrogen-bond donors (Lipinski definition) is 10. The molecule has 741 valence electrons. The minimum atomic E-state index is -3.70. The van der Waals surface area contributed by atoms with Crippen LogP contribution in [0.3, 0.4) is 0 Å². The Hall–Kier alpha value is -11.7. The Morgan fingerprint density at radius 2 is 0.773 bits per heavy atom. The van der Waals surface area contributed by atoms with Crippen LogP contribution in [-0.4, -0.2) is 163 Å². The summed E-state index contributed by atoms with van der Waals surface area (Å²) in [6.07, 6.45) is 22.2. The van der Waals surface area contributed by atoms with Gasteiger partial charge in [-0.25, -0.2) is 19.9 Å². The van der Waals surface area contributed by atoms with Gasteiger partial charge in [0.15, 0.2) is 0 Å². The first-order chi connectivity index (χ1) is 66.2. The topological polar surface area (TPSA) is 446 Å². The number of aromatic nitrogens is 12. The second-order valence-corrected chi connectivity index (χ2v) is 40.5. The van der Waals surface area contributed by atoms with Crippen LogP contribution in [0.25, 0.3) is 43.6 Å². The summed E-state index contributed by atoms with van der Waals surface area (Å²) < 4.78 is 41.7. The van der Waals surface area contributed by atoms with E-state index in [4.69, 9.17) is 20.8 Å². The fourth-order valence-corrected chi connectivity index (χ4v) is 19.2. The number of aliphatic hydroxyl groups excluding tert-OH is 1. The molecule has 31 nitrogen and oxygen atoms in total. The van der Waals surface area contributed by atoms with Crippen molar-refractivity contribution in [2.45, 2.75) is 258 Å². The number of nitrogens with zero attached hydrogens (tertiary/aromatic N) is 11. The van der Waals surface area contributed by atoms with E-state index in [0.717, 1.165) is 155 Å². The first kappa shape index (κ1) is 110. The molecule has 0 spiro atoms. The van der Waals surface area contributed by atoms with Crippen LogP contribution in [0.1, 0.15) is 285 Å². The second kappa shape index (κ2) is 48.4. The van der Waals surface area contributed by atoms with E-state index in [0.29, 0.717) is 112 Å². The van der Waals surface area contributed by atoms with Crippen molar-refractivity contribution >= 4 is 136 Å². The predicted octanol–water partition coefficient (Wildman–Crippen LogP) is 15.5. The van der Waals surface area contributed by atoms with E-state index in [1.165, 1.54) is 0 Å². The van der Waals surface area contributed by atoms with Crippen LogP contribution in [0.4, 0.5) is 22.7 Å². The molecule has 4 aliphatic carbocycles. The number of H-pyrrole nitrogens is 1. The Labute approximate surface area is 843 Å². The van der Waals surface area contributed by atoms with E-state index in [-0.39, 0.29) is 111 Å². The monoisotopic (exact) mass is 1950 g/mol. The first-order valence-electron chi connectivity index (χ1n) is 48.0. The van der Waals surface area contributed by atoms with Gasteiger partial charge in [0.1, 0.15) is 40.6 Å². The zero-order chi connectivity index (χ0) is 101. The number of nitrogens with one attached hydrogen (secondary N) is 5. The number of ketones is 2. The van der Waals surface area contributed by atoms with Crippen molar-refractivity contribution < 1.29 is 93.4 Å². The zero-order valence-electron chi connectivity index (χ0n) is 85.4. The van der Waals surface area contributed by atoms with Crippen LogP contribution in [0.5, 0.6) is 0 Å². The quantitative estimate of drug-likeness (QED) is 0.0130. The van der Waals surface area contributed by atoms with Crippen LogP contribution in [0, 0.1) is 58.3 Å². The van der Waals surface area contributed by atoms with Crippen LogP contribution >= 0.6 is 9.24 Å². The van der Waals surface area contributed by atoms with E-state index >= 15 is 0 Å². The van der Waals surface area contributed by atoms with Gasteiger partial charge in [0.2, 0.25) is 0 Å². The Morgan fingerprint density at radius 3 is 1.08 bits per heavy atom. The Balaban J connectivity index is 0.000000199. The number of hydrogen-bond acceptors (Lipinski definition) is 23. The molecule has 5 aromatic carbocycles. The van der Waals surface area contributed by atoms with Crippen molar-refractivity contribution in [1.29, 1.82) is 0 Å². The summed E-state index contributed by atoms with van der Waals surface area (Å²) in [6.45, 7) is 26.7. The fourth-order valence-electron chi connectivity index (χ4n) is 18.0. The summed E-state index contributed by atoms with van der Waals surface area (Å²) in [6, 6.07) is 43.3. The SMILES string of the molecule is CC(=O)C1CCC(OS(=O)(=O)c2ccc(C)cc2)CC1.CC(=O)C1CCC(n2cc3cc(NC(=O)c4cccc(C)n4)c(C(C)(C)O)cc3n2)CC1.Cc1cccc(C(=O)Nc2cc3cn(C4CCC(C=O)CC4)nc3cc2C(C)(C)O)n1.Cc1cccc(C(=O)Nc2cc3cn(C4CCC(CO)CC4)nc3cc2C(C)(C)O)n1.Cc1cccc(C(=O)Nc2cc3cn[nH]c3cc2C(C)(C)O)n1.[2H]CP.[B].[H-].[Li+]. The minimum Gasteiger partial charge on any atom is -1.00 e. The molecule has 4 fully saturated rings. The number of aromatic amines is 1. The predicted molar refractivity (Wildman–Crippen MR) is 549 cm³/mol. The number of aliphatic hydroxyl groups is 5. The maximum Gasteiger partial charge on any atom is 1.00 e. The average Bonchev–Trinajstić information content (AvgIpc) is 1.69. The van der Waals surface area contributed by atoms with Crippen LogP contribution in [0.2, 0.25) is 0 Å². The maximum atomic E-state index is 12.8. The Morgan fingerprint density at radius 1 is 0.468 bits per heavy atom. The molecule has 35 heteroatoms. The van der Waals surface area contributed by atoms with E-state index in [1.807, 2.05) is 128 Å². The molecular weight excluding hydrogens is 1820 g/mol. The van der Waals surface area contributed by atoms with Gasteiger partial charge in [-0.1, -0.05) is 48.6 Å². The summed E-state index contributed by atoms with van der Waals surface area (Å²) in [5.41, 5.74) is 8.47. The van der Waals surface area contributed by atoms with Crippen molar-refractivity contribution in [2.75, 3.05) is 34.5 Å². The summed E-state index contributed by atoms with van der Waals surface area (Å²) in [5.74, 6) is -0.0590. The van der Waals surface area contributed by atoms with Crippen molar-refractivity contribution in [3.63, 3.8) is 0 Å². The third-order valence-electron chi connectivity index (χ3n) is 25.9. The number of aryl methyl sites for hydroxylation is 5. The summed E-state index contributed by atoms with van der Waals surface area (Å²) in [5, 5.41) is 88.3. The van der Waals surface area contributed by atoms with Gasteiger partial charge in [-0.3, -0.25) is 52.1 Å². The maximum absolute atomic E-state index is 12.8. The molecular formula is C106H132BLiN16O15PS. The number of rotatable bonds is 22. The van der Waals surface area contributed by atoms with Gasteiger partial charge in [0.25, 0.3) is 33.7 Å². The molecule has 1 unspecified atom stereocenters. The third kappa shape index (κ3) is 29.5. The molecule has 4 saturated carbocycles. The summed E-state index contributed by atoms with van der Waals surface area (Å²) >= 11 is 0. The number of anilines is 4. The summed E-state index contributed by atoms with van der Waals surface area (Å²) in [7, 11) is -1.45. The first-order valence-corrected chi connectivity index (χ1v) is 49.5. The smallest absolute Gasteiger partial charge is 1.00 e. The van der Waals surface area contributed by atoms with Gasteiger partial charge < -0.3 is 53.0 Å². The van der Waals surface area contributed by atoms with Gasteiger partial charge in [0.05, 0.1) is 79.8 Å². The molecule has 3 radical (unpaired) electrons. The number of amides is 4. The number of carbonyl (C=O) groups excluding carboxylic acids is 7. The molecule has 10 N–H and O–H groups in total. The molecule has 8 heterocycles. The van der Waals surface area contributed by atoms with E-state index in [2.05, 4.69) is 60.6 Å². The van der Waals surface area contributed by atoms with Crippen molar-refractivity contribution in [1.82, 2.24) is 59.5 Å². The minimum absolute atomic E-state index is 0. The van der Waals surface area contributed by atoms with E-state index in [9.17, 15) is 67.5 Å². The van der Waals surface area contributed by atoms with E-state index in [1.54, 1.807) is 160 Å². The Bertz CT molecular complexity index is 6720. The molecule has 141 heavy (non-hydrogen) atoms. The summed E-state index contributed by atoms with van der Waals surface area (Å²) in [4.78, 5) is 102. The molecule has 1 atom stereocenters. The average molecular weight is 1950 g/mol. The van der Waals surface area contributed by atoms with Crippen molar-refractivity contribution in [3.8, 4) is 0 Å². The molecule has 8 aromatic heterocycles. The standard InChI is InChI=1S/C25H30N4O3.C24H30N4O3.C24H28N4O3.C17H18N4O2.C15H20O4S.CH5P.B.Li.H/c1-15-6-5-7-21(26-15)24(31)27-23-12-18-14-29(19-10-8-17(9-11-19)16(2)30)28-22(18)13-20(23)25(3,4)32;2*1-15-5-4-6-20(25-15)23(30)26-22-11-17-13-28(18-9-7-16(14-29)8-10-18)27-21(17)12-19(22)24(2,3)31;1-10-5-4-6-13(19-10)16(22)20-15-7-11-9-18-21-14(11)8-12(15)17(2,3)23;1-11-3-9-15(10-4-11)20(17,18)19-14-7-5-13(6-8-14)12(2)16;1-2;;;/h5-7,12-14,17,19,32H,8-11H2,1-4H3,(H,27,31);4-6,11-13,16,18,29,31H,7-10,14H2,1-3H3,(H,26,30);4-6,11-14,16,18,31H,7-10H2,1-3H3,(H,26,30);4-9,23H,1-3H3,(H,18,21)(H,20,22);3-4,9-10,13-14H,5-8H2,1-2H3;2H2,1H3;;;/q;;;;;;;+1;-1/i;;;;;1D;;;. The molecule has 4 amide bonds. The molecule has 4 aliphatic rings. The number of aldehydes is 1. The number of Topliss-reactive ketones (excluding diaryl/α,β-unsaturated/α-hetero) is 2. The molecule has 0 bridgehead atoms. The molecule has 0 saturated heterocycles. The number of benzene rings is 5. The largest absolute Gasteiger partial charge is 1.00 e.